The summed E-state index contributed by atoms with van der Waals surface area (Å²) in [7, 11) is 1.63. The van der Waals surface area contributed by atoms with Crippen LogP contribution in [0.25, 0.3) is 0 Å². The Morgan fingerprint density at radius 1 is 1.28 bits per heavy atom. The third kappa shape index (κ3) is 3.95. The normalized spacial score (nSPS) is 26.6. The van der Waals surface area contributed by atoms with Gasteiger partial charge in [-0.3, -0.25) is 9.69 Å². The molecular weight excluding hydrogens is 320 g/mol. The van der Waals surface area contributed by atoms with E-state index in [1.54, 1.807) is 14.0 Å². The lowest BCUT2D eigenvalue weighted by atomic mass is 9.93. The summed E-state index contributed by atoms with van der Waals surface area (Å²) in [6.07, 6.45) is 4.28. The highest BCUT2D eigenvalue weighted by molar-refractivity contribution is 6.06. The summed E-state index contributed by atoms with van der Waals surface area (Å²) in [6, 6.07) is 7.46. The first-order valence-electron chi connectivity index (χ1n) is 8.90. The van der Waals surface area contributed by atoms with Crippen LogP contribution >= 0.6 is 0 Å². The van der Waals surface area contributed by atoms with Crippen LogP contribution in [0.1, 0.15) is 38.2 Å². The van der Waals surface area contributed by atoms with Crippen molar-refractivity contribution in [1.82, 2.24) is 10.2 Å². The van der Waals surface area contributed by atoms with E-state index in [2.05, 4.69) is 5.32 Å². The van der Waals surface area contributed by atoms with Crippen LogP contribution in [-0.2, 0) is 16.0 Å². The number of nitrogens with zero attached hydrogens (tertiary/aromatic N) is 1. The Bertz CT molecular complexity index is 625. The van der Waals surface area contributed by atoms with Gasteiger partial charge in [-0.25, -0.2) is 4.79 Å². The van der Waals surface area contributed by atoms with Gasteiger partial charge in [-0.15, -0.1) is 0 Å². The van der Waals surface area contributed by atoms with Crippen LogP contribution in [0.5, 0.6) is 5.75 Å². The first-order valence-corrected chi connectivity index (χ1v) is 8.90. The van der Waals surface area contributed by atoms with Gasteiger partial charge in [0.15, 0.2) is 0 Å². The van der Waals surface area contributed by atoms with Crippen LogP contribution < -0.4 is 10.1 Å². The van der Waals surface area contributed by atoms with Gasteiger partial charge >= 0.3 is 6.03 Å². The number of carbonyl (C=O) groups excluding carboxylic acids is 2. The monoisotopic (exact) mass is 346 g/mol. The Morgan fingerprint density at radius 2 is 2.04 bits per heavy atom. The van der Waals surface area contributed by atoms with Gasteiger partial charge in [-0.1, -0.05) is 12.1 Å². The van der Waals surface area contributed by atoms with Gasteiger partial charge in [0.05, 0.1) is 19.8 Å². The number of methoxy groups -OCH3 is 1. The van der Waals surface area contributed by atoms with Gasteiger partial charge in [0.1, 0.15) is 11.3 Å². The van der Waals surface area contributed by atoms with Gasteiger partial charge in [-0.2, -0.15) is 0 Å². The van der Waals surface area contributed by atoms with Crippen molar-refractivity contribution in [3.63, 3.8) is 0 Å². The van der Waals surface area contributed by atoms with Crippen molar-refractivity contribution in [2.45, 2.75) is 50.7 Å². The first-order chi connectivity index (χ1) is 12.0. The molecule has 1 aromatic carbocycles. The van der Waals surface area contributed by atoms with Crippen LogP contribution in [0.3, 0.4) is 0 Å². The Balaban J connectivity index is 1.60. The minimum atomic E-state index is -0.855. The number of carbonyl (C=O) groups is 2. The Morgan fingerprint density at radius 3 is 2.68 bits per heavy atom. The molecule has 2 atom stereocenters. The standard InChI is InChI=1S/C19H26N2O4/c1-19(11-10-14-6-8-15(24-2)9-7-14)17(22)21(18(23)20-19)13-16-5-3-4-12-25-16/h6-9,16H,3-5,10-13H2,1-2H3,(H,20,23)/t16-,19+/m0/s1. The number of hydrogen-bond acceptors (Lipinski definition) is 4. The molecule has 6 nitrogen and oxygen atoms in total. The highest BCUT2D eigenvalue weighted by Gasteiger charge is 2.47. The molecule has 0 saturated carbocycles. The van der Waals surface area contributed by atoms with E-state index in [0.29, 0.717) is 26.0 Å². The molecule has 2 saturated heterocycles. The Labute approximate surface area is 148 Å². The molecule has 136 valence electrons. The van der Waals surface area contributed by atoms with E-state index in [1.165, 1.54) is 4.90 Å². The summed E-state index contributed by atoms with van der Waals surface area (Å²) in [5.41, 5.74) is 0.254. The number of urea groups is 1. The van der Waals surface area contributed by atoms with Crippen molar-refractivity contribution in [2.24, 2.45) is 0 Å². The highest BCUT2D eigenvalue weighted by atomic mass is 16.5. The molecule has 1 N–H and O–H groups in total. The molecule has 25 heavy (non-hydrogen) atoms. The Hall–Kier alpha value is -2.08. The summed E-state index contributed by atoms with van der Waals surface area (Å²) in [5.74, 6) is 0.652. The fourth-order valence-corrected chi connectivity index (χ4v) is 3.42. The van der Waals surface area contributed by atoms with E-state index < -0.39 is 5.54 Å². The van der Waals surface area contributed by atoms with Gasteiger partial charge in [0.2, 0.25) is 0 Å². The second kappa shape index (κ2) is 7.44. The second-order valence-electron chi connectivity index (χ2n) is 7.01. The highest BCUT2D eigenvalue weighted by Crippen LogP contribution is 2.25. The molecule has 3 amide bonds. The minimum absolute atomic E-state index is 0.0348. The van der Waals surface area contributed by atoms with Crippen LogP contribution in [0.4, 0.5) is 4.79 Å². The molecule has 1 aromatic rings. The summed E-state index contributed by atoms with van der Waals surface area (Å²) in [6.45, 7) is 2.87. The second-order valence-corrected chi connectivity index (χ2v) is 7.01. The summed E-state index contributed by atoms with van der Waals surface area (Å²) in [4.78, 5) is 26.4. The molecule has 2 fully saturated rings. The quantitative estimate of drug-likeness (QED) is 0.804. The van der Waals surface area contributed by atoms with Gasteiger partial charge in [0, 0.05) is 6.61 Å². The van der Waals surface area contributed by atoms with Crippen LogP contribution in [-0.4, -0.2) is 48.7 Å². The molecule has 6 heteroatoms. The zero-order valence-electron chi connectivity index (χ0n) is 14.9. The lowest BCUT2D eigenvalue weighted by Gasteiger charge is -2.26. The van der Waals surface area contributed by atoms with Crippen molar-refractivity contribution >= 4 is 11.9 Å². The van der Waals surface area contributed by atoms with Crippen LogP contribution in [0, 0.1) is 0 Å². The van der Waals surface area contributed by atoms with Crippen molar-refractivity contribution in [3.8, 4) is 5.75 Å². The molecule has 2 aliphatic heterocycles. The zero-order valence-corrected chi connectivity index (χ0v) is 14.9. The molecule has 0 radical (unpaired) electrons. The van der Waals surface area contributed by atoms with E-state index >= 15 is 0 Å². The van der Waals surface area contributed by atoms with Crippen molar-refractivity contribution in [1.29, 1.82) is 0 Å². The largest absolute Gasteiger partial charge is 0.497 e. The van der Waals surface area contributed by atoms with E-state index in [4.69, 9.17) is 9.47 Å². The number of imide groups is 1. The zero-order chi connectivity index (χ0) is 17.9. The van der Waals surface area contributed by atoms with E-state index in [1.807, 2.05) is 24.3 Å². The molecular formula is C19H26N2O4. The van der Waals surface area contributed by atoms with E-state index in [-0.39, 0.29) is 18.0 Å². The molecule has 2 aliphatic rings. The summed E-state index contributed by atoms with van der Waals surface area (Å²) in [5, 5.41) is 2.87. The number of amides is 3. The fourth-order valence-electron chi connectivity index (χ4n) is 3.42. The topological polar surface area (TPSA) is 67.9 Å². The van der Waals surface area contributed by atoms with E-state index in [9.17, 15) is 9.59 Å². The van der Waals surface area contributed by atoms with Gasteiger partial charge in [-0.05, 0) is 56.7 Å². The maximum Gasteiger partial charge on any atom is 0.325 e. The maximum atomic E-state index is 12.8. The van der Waals surface area contributed by atoms with E-state index in [0.717, 1.165) is 30.6 Å². The van der Waals surface area contributed by atoms with Gasteiger partial charge < -0.3 is 14.8 Å². The van der Waals surface area contributed by atoms with Gasteiger partial charge in [0.25, 0.3) is 5.91 Å². The van der Waals surface area contributed by atoms with Crippen LogP contribution in [0.2, 0.25) is 0 Å². The minimum Gasteiger partial charge on any atom is -0.497 e. The molecule has 0 aliphatic carbocycles. The predicted molar refractivity (Wildman–Crippen MR) is 93.6 cm³/mol. The lowest BCUT2D eigenvalue weighted by Crippen LogP contribution is -2.45. The molecule has 2 heterocycles. The number of hydrogen-bond donors (Lipinski definition) is 1. The number of ether oxygens (including phenoxy) is 2. The SMILES string of the molecule is COc1ccc(CC[C@@]2(C)NC(=O)N(C[C@@H]3CCCCO3)C2=O)cc1. The molecule has 0 bridgehead atoms. The average Bonchev–Trinajstić information content (AvgIpc) is 2.85. The molecule has 3 rings (SSSR count). The number of rotatable bonds is 6. The van der Waals surface area contributed by atoms with Crippen molar-refractivity contribution in [3.05, 3.63) is 29.8 Å². The first kappa shape index (κ1) is 17.7. The summed E-state index contributed by atoms with van der Waals surface area (Å²) >= 11 is 0. The van der Waals surface area contributed by atoms with Crippen molar-refractivity contribution in [2.75, 3.05) is 20.3 Å². The maximum absolute atomic E-state index is 12.8. The van der Waals surface area contributed by atoms with Crippen LogP contribution in [0.15, 0.2) is 24.3 Å². The lowest BCUT2D eigenvalue weighted by molar-refractivity contribution is -0.132. The third-order valence-corrected chi connectivity index (χ3v) is 5.08. The third-order valence-electron chi connectivity index (χ3n) is 5.08. The molecule has 0 spiro atoms. The average molecular weight is 346 g/mol. The Kier molecular flexibility index (Phi) is 5.27. The number of benzene rings is 1. The fraction of sp³-hybridized carbons (Fsp3) is 0.579. The number of aryl methyl sites for hydroxylation is 1. The van der Waals surface area contributed by atoms with Crippen molar-refractivity contribution < 1.29 is 19.1 Å². The number of nitrogens with one attached hydrogen (secondary N) is 1. The smallest absolute Gasteiger partial charge is 0.325 e. The summed E-state index contributed by atoms with van der Waals surface area (Å²) < 4.78 is 10.8. The molecule has 0 aromatic heterocycles. The predicted octanol–water partition coefficient (Wildman–Crippen LogP) is 2.51. The molecule has 0 unspecified atom stereocenters.